The minimum atomic E-state index is -0.392. The summed E-state index contributed by atoms with van der Waals surface area (Å²) in [7, 11) is 0. The first kappa shape index (κ1) is 18.3. The molecular formula is C20H24N6O3. The van der Waals surface area contributed by atoms with Crippen LogP contribution in [0.25, 0.3) is 22.6 Å². The maximum absolute atomic E-state index is 12.4. The molecule has 4 heterocycles. The van der Waals surface area contributed by atoms with E-state index in [-0.39, 0.29) is 5.91 Å². The molecule has 1 unspecified atom stereocenters. The number of anilines is 1. The summed E-state index contributed by atoms with van der Waals surface area (Å²) in [5.41, 5.74) is 4.31. The number of ether oxygens (including phenoxy) is 2. The highest BCUT2D eigenvalue weighted by molar-refractivity contribution is 5.97. The average molecular weight is 396 g/mol. The van der Waals surface area contributed by atoms with Crippen molar-refractivity contribution in [2.24, 2.45) is 0 Å². The summed E-state index contributed by atoms with van der Waals surface area (Å²) in [5, 5.41) is 9.93. The zero-order valence-electron chi connectivity index (χ0n) is 16.1. The standard InChI is InChI=1S/C20H24N6O3/c27-20(17-2-1-7-29-17)24-16-11-21-25-18(16)19-22-14-4-3-13(10-15(14)23-19)12-26-5-8-28-9-6-26/h3-4,10-11,17H,1-2,5-9,12H2,(H,21,25)(H,22,23)(H,24,27). The fourth-order valence-electron chi connectivity index (χ4n) is 3.85. The second-order valence-electron chi connectivity index (χ2n) is 7.48. The number of nitrogens with zero attached hydrogens (tertiary/aromatic N) is 3. The number of imidazole rings is 1. The van der Waals surface area contributed by atoms with E-state index < -0.39 is 6.10 Å². The van der Waals surface area contributed by atoms with Crippen LogP contribution in [0.1, 0.15) is 18.4 Å². The number of amides is 1. The molecule has 2 fully saturated rings. The van der Waals surface area contributed by atoms with Crippen molar-refractivity contribution in [3.05, 3.63) is 30.0 Å². The molecule has 2 aromatic heterocycles. The van der Waals surface area contributed by atoms with Crippen LogP contribution in [-0.4, -0.2) is 70.0 Å². The quantitative estimate of drug-likeness (QED) is 0.608. The summed E-state index contributed by atoms with van der Waals surface area (Å²) in [6.45, 7) is 5.00. The first-order valence-corrected chi connectivity index (χ1v) is 10.0. The Morgan fingerprint density at radius 2 is 2.17 bits per heavy atom. The van der Waals surface area contributed by atoms with Crippen molar-refractivity contribution in [1.82, 2.24) is 25.1 Å². The maximum atomic E-state index is 12.4. The Morgan fingerprint density at radius 3 is 3.00 bits per heavy atom. The third kappa shape index (κ3) is 3.89. The Morgan fingerprint density at radius 1 is 1.28 bits per heavy atom. The van der Waals surface area contributed by atoms with Gasteiger partial charge in [-0.1, -0.05) is 6.07 Å². The number of hydrogen-bond donors (Lipinski definition) is 3. The molecule has 0 bridgehead atoms. The van der Waals surface area contributed by atoms with Gasteiger partial charge in [0.15, 0.2) is 5.82 Å². The molecule has 0 aliphatic carbocycles. The molecule has 2 aliphatic rings. The van der Waals surface area contributed by atoms with E-state index in [9.17, 15) is 4.79 Å². The third-order valence-corrected chi connectivity index (χ3v) is 5.41. The normalized spacial score (nSPS) is 20.3. The smallest absolute Gasteiger partial charge is 0.253 e. The number of morpholine rings is 1. The van der Waals surface area contributed by atoms with Crippen molar-refractivity contribution in [2.75, 3.05) is 38.2 Å². The molecule has 0 spiro atoms. The second-order valence-corrected chi connectivity index (χ2v) is 7.48. The predicted octanol–water partition coefficient (Wildman–Crippen LogP) is 1.90. The summed E-state index contributed by atoms with van der Waals surface area (Å²) < 4.78 is 10.9. The highest BCUT2D eigenvalue weighted by Crippen LogP contribution is 2.27. The van der Waals surface area contributed by atoms with Crippen molar-refractivity contribution in [1.29, 1.82) is 0 Å². The van der Waals surface area contributed by atoms with Crippen LogP contribution in [0.3, 0.4) is 0 Å². The van der Waals surface area contributed by atoms with Crippen LogP contribution < -0.4 is 5.32 Å². The van der Waals surface area contributed by atoms with Crippen molar-refractivity contribution in [2.45, 2.75) is 25.5 Å². The van der Waals surface area contributed by atoms with Crippen molar-refractivity contribution in [3.8, 4) is 11.5 Å². The van der Waals surface area contributed by atoms with E-state index in [1.54, 1.807) is 6.20 Å². The summed E-state index contributed by atoms with van der Waals surface area (Å²) in [6, 6.07) is 6.25. The summed E-state index contributed by atoms with van der Waals surface area (Å²) in [4.78, 5) is 22.8. The van der Waals surface area contributed by atoms with E-state index in [1.807, 2.05) is 6.07 Å². The van der Waals surface area contributed by atoms with E-state index in [0.29, 0.717) is 23.8 Å². The lowest BCUT2D eigenvalue weighted by Gasteiger charge is -2.26. The second kappa shape index (κ2) is 7.94. The highest BCUT2D eigenvalue weighted by atomic mass is 16.5. The van der Waals surface area contributed by atoms with Gasteiger partial charge in [0, 0.05) is 26.2 Å². The van der Waals surface area contributed by atoms with Crippen LogP contribution in [-0.2, 0) is 20.8 Å². The number of nitrogens with one attached hydrogen (secondary N) is 3. The van der Waals surface area contributed by atoms with Gasteiger partial charge in [-0.25, -0.2) is 4.98 Å². The maximum Gasteiger partial charge on any atom is 0.253 e. The lowest BCUT2D eigenvalue weighted by Crippen LogP contribution is -2.35. The number of carbonyl (C=O) groups excluding carboxylic acids is 1. The van der Waals surface area contributed by atoms with Gasteiger partial charge in [0.2, 0.25) is 0 Å². The lowest BCUT2D eigenvalue weighted by molar-refractivity contribution is -0.124. The van der Waals surface area contributed by atoms with Gasteiger partial charge in [0.25, 0.3) is 5.91 Å². The summed E-state index contributed by atoms with van der Waals surface area (Å²) >= 11 is 0. The Kier molecular flexibility index (Phi) is 5.01. The van der Waals surface area contributed by atoms with Crippen LogP contribution in [0, 0.1) is 0 Å². The van der Waals surface area contributed by atoms with Crippen molar-refractivity contribution >= 4 is 22.6 Å². The molecule has 3 aromatic rings. The molecule has 9 heteroatoms. The van der Waals surface area contributed by atoms with Crippen molar-refractivity contribution in [3.63, 3.8) is 0 Å². The third-order valence-electron chi connectivity index (χ3n) is 5.41. The van der Waals surface area contributed by atoms with Crippen LogP contribution >= 0.6 is 0 Å². The van der Waals surface area contributed by atoms with E-state index in [0.717, 1.165) is 56.7 Å². The van der Waals surface area contributed by atoms with Crippen LogP contribution in [0.4, 0.5) is 5.69 Å². The van der Waals surface area contributed by atoms with Gasteiger partial charge in [0.1, 0.15) is 11.8 Å². The zero-order chi connectivity index (χ0) is 19.6. The first-order chi connectivity index (χ1) is 14.3. The monoisotopic (exact) mass is 396 g/mol. The number of H-pyrrole nitrogens is 2. The van der Waals surface area contributed by atoms with Crippen LogP contribution in [0.2, 0.25) is 0 Å². The number of rotatable bonds is 5. The zero-order valence-corrected chi connectivity index (χ0v) is 16.1. The Labute approximate surface area is 167 Å². The van der Waals surface area contributed by atoms with Crippen molar-refractivity contribution < 1.29 is 14.3 Å². The minimum absolute atomic E-state index is 0.144. The molecule has 5 rings (SSSR count). The Hall–Kier alpha value is -2.75. The number of aromatic amines is 2. The minimum Gasteiger partial charge on any atom is -0.379 e. The number of aromatic nitrogens is 4. The fourth-order valence-corrected chi connectivity index (χ4v) is 3.85. The van der Waals surface area contributed by atoms with Crippen LogP contribution in [0.15, 0.2) is 24.4 Å². The summed E-state index contributed by atoms with van der Waals surface area (Å²) in [5.74, 6) is 0.498. The molecule has 2 aliphatic heterocycles. The number of hydrogen-bond acceptors (Lipinski definition) is 6. The Balaban J connectivity index is 1.35. The molecule has 152 valence electrons. The van der Waals surface area contributed by atoms with Gasteiger partial charge in [0.05, 0.1) is 36.1 Å². The molecular weight excluding hydrogens is 372 g/mol. The van der Waals surface area contributed by atoms with E-state index in [4.69, 9.17) is 9.47 Å². The molecule has 0 radical (unpaired) electrons. The number of benzene rings is 1. The summed E-state index contributed by atoms with van der Waals surface area (Å²) in [6.07, 6.45) is 2.86. The van der Waals surface area contributed by atoms with Gasteiger partial charge in [-0.05, 0) is 30.5 Å². The van der Waals surface area contributed by atoms with E-state index in [2.05, 4.69) is 42.5 Å². The lowest BCUT2D eigenvalue weighted by atomic mass is 10.2. The molecule has 1 aromatic carbocycles. The molecule has 2 saturated heterocycles. The van der Waals surface area contributed by atoms with E-state index >= 15 is 0 Å². The number of carbonyl (C=O) groups is 1. The largest absolute Gasteiger partial charge is 0.379 e. The van der Waals surface area contributed by atoms with Crippen LogP contribution in [0.5, 0.6) is 0 Å². The van der Waals surface area contributed by atoms with Gasteiger partial charge >= 0.3 is 0 Å². The number of fused-ring (bicyclic) bond motifs is 1. The SMILES string of the molecule is O=C(Nc1cn[nH]c1-c1nc2ccc(CN3CCOCC3)cc2[nH]1)C1CCCO1. The topological polar surface area (TPSA) is 108 Å². The first-order valence-electron chi connectivity index (χ1n) is 10.0. The molecule has 3 N–H and O–H groups in total. The molecule has 29 heavy (non-hydrogen) atoms. The molecule has 1 amide bonds. The average Bonchev–Trinajstić information content (AvgIpc) is 3.48. The van der Waals surface area contributed by atoms with E-state index in [1.165, 1.54) is 5.56 Å². The van der Waals surface area contributed by atoms with Gasteiger partial charge < -0.3 is 19.8 Å². The molecule has 1 atom stereocenters. The van der Waals surface area contributed by atoms with Gasteiger partial charge in [-0.3, -0.25) is 14.8 Å². The fraction of sp³-hybridized carbons (Fsp3) is 0.450. The molecule has 0 saturated carbocycles. The van der Waals surface area contributed by atoms with Gasteiger partial charge in [-0.2, -0.15) is 5.10 Å². The highest BCUT2D eigenvalue weighted by Gasteiger charge is 2.25. The predicted molar refractivity (Wildman–Crippen MR) is 107 cm³/mol. The van der Waals surface area contributed by atoms with Gasteiger partial charge in [-0.15, -0.1) is 0 Å². The Bertz CT molecular complexity index is 1000. The molecule has 9 nitrogen and oxygen atoms in total.